The van der Waals surface area contributed by atoms with Crippen molar-refractivity contribution in [2.24, 2.45) is 0 Å². The predicted octanol–water partition coefficient (Wildman–Crippen LogP) is 4.80. The van der Waals surface area contributed by atoms with Crippen molar-refractivity contribution in [3.63, 3.8) is 0 Å². The Hall–Kier alpha value is -2.22. The molecule has 0 aromatic heterocycles. The summed E-state index contributed by atoms with van der Waals surface area (Å²) in [5.41, 5.74) is 0. The monoisotopic (exact) mass is 403 g/mol. The van der Waals surface area contributed by atoms with Crippen molar-refractivity contribution in [1.29, 1.82) is 0 Å². The molecule has 0 unspecified atom stereocenters. The predicted molar refractivity (Wildman–Crippen MR) is 117 cm³/mol. The number of rotatable bonds is 6. The number of hydrogen-bond acceptors (Lipinski definition) is 3. The second-order valence-electron chi connectivity index (χ2n) is 5.68. The van der Waals surface area contributed by atoms with Crippen LogP contribution in [0.25, 0.3) is 0 Å². The van der Waals surface area contributed by atoms with E-state index in [1.165, 1.54) is 0 Å². The van der Waals surface area contributed by atoms with Crippen molar-refractivity contribution < 1.29 is 14.2 Å². The van der Waals surface area contributed by atoms with E-state index < -0.39 is 6.62 Å². The Morgan fingerprint density at radius 3 is 0.926 bits per heavy atom. The van der Waals surface area contributed by atoms with Crippen LogP contribution >= 0.6 is 17.9 Å². The minimum absolute atomic E-state index is 0. The molecule has 0 amide bonds. The maximum absolute atomic E-state index is 7.39. The molecule has 142 valence electrons. The van der Waals surface area contributed by atoms with Crippen LogP contribution in [0.15, 0.2) is 72.8 Å². The molecule has 0 radical (unpaired) electrons. The van der Waals surface area contributed by atoms with Crippen molar-refractivity contribution in [3.05, 3.63) is 72.8 Å². The molecule has 0 N–H and O–H groups in total. The lowest BCUT2D eigenvalue weighted by Crippen LogP contribution is -2.27. The van der Waals surface area contributed by atoms with Gasteiger partial charge in [-0.3, -0.25) is 0 Å². The van der Waals surface area contributed by atoms with E-state index in [0.717, 1.165) is 33.2 Å². The van der Waals surface area contributed by atoms with Gasteiger partial charge >= 0.3 is 0 Å². The Kier molecular flexibility index (Phi) is 7.12. The van der Waals surface area contributed by atoms with Crippen LogP contribution < -0.4 is 30.1 Å². The summed E-state index contributed by atoms with van der Waals surface area (Å²) in [6.45, 7) is -2.31. The van der Waals surface area contributed by atoms with Gasteiger partial charge in [-0.2, -0.15) is 0 Å². The van der Waals surface area contributed by atoms with Gasteiger partial charge in [0.05, 0.1) is 21.3 Å². The molecule has 0 aliphatic heterocycles. The normalized spacial score (nSPS) is 10.7. The van der Waals surface area contributed by atoms with E-state index >= 15 is 0 Å². The Morgan fingerprint density at radius 2 is 0.741 bits per heavy atom. The lowest BCUT2D eigenvalue weighted by atomic mass is 10.3. The van der Waals surface area contributed by atoms with Crippen LogP contribution in [-0.4, -0.2) is 21.3 Å². The van der Waals surface area contributed by atoms with Gasteiger partial charge in [-0.1, -0.05) is 7.43 Å². The van der Waals surface area contributed by atoms with Crippen molar-refractivity contribution in [2.45, 2.75) is 7.43 Å². The fourth-order valence-corrected chi connectivity index (χ4v) is 6.40. The van der Waals surface area contributed by atoms with Crippen LogP contribution in [0.1, 0.15) is 7.43 Å². The zero-order chi connectivity index (χ0) is 18.6. The van der Waals surface area contributed by atoms with Gasteiger partial charge in [-0.25, -0.2) is 0 Å². The van der Waals surface area contributed by atoms with Crippen LogP contribution in [0.5, 0.6) is 17.2 Å². The summed E-state index contributed by atoms with van der Waals surface area (Å²) in [6, 6.07) is 23.9. The summed E-state index contributed by atoms with van der Waals surface area (Å²) in [5.74, 6) is 2.42. The van der Waals surface area contributed by atoms with E-state index in [-0.39, 0.29) is 7.43 Å². The Labute approximate surface area is 167 Å². The zero-order valence-corrected chi connectivity index (χ0v) is 16.6. The minimum Gasteiger partial charge on any atom is -0.497 e. The highest BCUT2D eigenvalue weighted by atomic mass is 35.7. The first-order valence-electron chi connectivity index (χ1n) is 8.14. The average Bonchev–Trinajstić information content (AvgIpc) is 2.73. The van der Waals surface area contributed by atoms with Crippen LogP contribution in [0.4, 0.5) is 0 Å². The molecule has 0 spiro atoms. The summed E-state index contributed by atoms with van der Waals surface area (Å²) in [5, 5.41) is 3.20. The molecule has 27 heavy (non-hydrogen) atoms. The summed E-state index contributed by atoms with van der Waals surface area (Å²) in [7, 11) is 4.97. The van der Waals surface area contributed by atoms with Crippen molar-refractivity contribution >= 4 is 33.8 Å². The number of hydrogen-bond donors (Lipinski definition) is 0. The largest absolute Gasteiger partial charge is 0.497 e. The number of ether oxygens (including phenoxy) is 3. The Morgan fingerprint density at radius 1 is 0.519 bits per heavy atom. The molecule has 0 aliphatic carbocycles. The highest BCUT2D eigenvalue weighted by Gasteiger charge is 2.44. The molecule has 3 rings (SSSR count). The van der Waals surface area contributed by atoms with Crippen molar-refractivity contribution in [1.82, 2.24) is 0 Å². The lowest BCUT2D eigenvalue weighted by Gasteiger charge is -2.20. The first-order valence-corrected chi connectivity index (χ1v) is 10.8. The molecule has 0 aliphatic rings. The van der Waals surface area contributed by atoms with Gasteiger partial charge in [0.2, 0.25) is 6.62 Å². The molecular weight excluding hydrogens is 379 g/mol. The molecule has 0 bridgehead atoms. The first kappa shape index (κ1) is 21.1. The number of benzene rings is 3. The third-order valence-electron chi connectivity index (χ3n) is 4.28. The van der Waals surface area contributed by atoms with Crippen LogP contribution in [0.3, 0.4) is 0 Å². The standard InChI is InChI=1S/C21H21ClO3P.CH4/c1-23-16-4-10-19(11-5-16)26(22,20-12-6-17(24-2)7-13-20)21-14-8-18(25-3)9-15-21;/h4-15H,1-3H3;1H4/q+1;. The Bertz CT molecular complexity index is 731. The van der Waals surface area contributed by atoms with Crippen molar-refractivity contribution in [3.8, 4) is 17.2 Å². The molecular formula is C22H25ClO3P+. The SMILES string of the molecule is C.COc1ccc([P+](Cl)(c2ccc(OC)cc2)c2ccc(OC)cc2)cc1. The summed E-state index contributed by atoms with van der Waals surface area (Å²) >= 11 is 7.39. The fraction of sp³-hybridized carbons (Fsp3) is 0.182. The molecule has 3 aromatic rings. The maximum atomic E-state index is 7.39. The first-order chi connectivity index (χ1) is 12.6. The van der Waals surface area contributed by atoms with Gasteiger partial charge in [0, 0.05) is 0 Å². The molecule has 0 heterocycles. The molecule has 3 aromatic carbocycles. The second kappa shape index (κ2) is 9.12. The second-order valence-corrected chi connectivity index (χ2v) is 9.93. The zero-order valence-electron chi connectivity index (χ0n) is 15.0. The molecule has 5 heteroatoms. The van der Waals surface area contributed by atoms with Crippen LogP contribution in [0.2, 0.25) is 0 Å². The lowest BCUT2D eigenvalue weighted by molar-refractivity contribution is 0.415. The van der Waals surface area contributed by atoms with Gasteiger partial charge in [-0.15, -0.1) is 0 Å². The number of methoxy groups -OCH3 is 3. The van der Waals surface area contributed by atoms with E-state index in [1.54, 1.807) is 21.3 Å². The van der Waals surface area contributed by atoms with Crippen LogP contribution in [0, 0.1) is 0 Å². The van der Waals surface area contributed by atoms with E-state index in [0.29, 0.717) is 0 Å². The van der Waals surface area contributed by atoms with E-state index in [1.807, 2.05) is 72.8 Å². The molecule has 0 atom stereocenters. The van der Waals surface area contributed by atoms with Gasteiger partial charge in [0.15, 0.2) is 0 Å². The smallest absolute Gasteiger partial charge is 0.210 e. The third kappa shape index (κ3) is 4.21. The molecule has 0 fully saturated rings. The van der Waals surface area contributed by atoms with Gasteiger partial charge in [0.1, 0.15) is 44.4 Å². The summed E-state index contributed by atoms with van der Waals surface area (Å²) in [6.07, 6.45) is 0. The van der Waals surface area contributed by atoms with Gasteiger partial charge in [0.25, 0.3) is 0 Å². The highest BCUT2D eigenvalue weighted by Crippen LogP contribution is 2.60. The third-order valence-corrected chi connectivity index (χ3v) is 9.07. The maximum Gasteiger partial charge on any atom is 0.210 e. The van der Waals surface area contributed by atoms with E-state index in [4.69, 9.17) is 25.5 Å². The van der Waals surface area contributed by atoms with Gasteiger partial charge < -0.3 is 14.2 Å². The van der Waals surface area contributed by atoms with Gasteiger partial charge in [-0.05, 0) is 72.8 Å². The molecule has 0 saturated carbocycles. The fourth-order valence-electron chi connectivity index (χ4n) is 2.81. The Balaban J connectivity index is 0.00000261. The quantitative estimate of drug-likeness (QED) is 0.553. The molecule has 3 nitrogen and oxygen atoms in total. The summed E-state index contributed by atoms with van der Waals surface area (Å²) < 4.78 is 15.9. The molecule has 0 saturated heterocycles. The highest BCUT2D eigenvalue weighted by molar-refractivity contribution is 8.14. The summed E-state index contributed by atoms with van der Waals surface area (Å²) in [4.78, 5) is 0. The van der Waals surface area contributed by atoms with E-state index in [9.17, 15) is 0 Å². The van der Waals surface area contributed by atoms with E-state index in [2.05, 4.69) is 0 Å². The topological polar surface area (TPSA) is 27.7 Å². The number of halogens is 1. The van der Waals surface area contributed by atoms with Crippen LogP contribution in [-0.2, 0) is 0 Å². The average molecular weight is 404 g/mol. The minimum atomic E-state index is -2.31. The van der Waals surface area contributed by atoms with Crippen molar-refractivity contribution in [2.75, 3.05) is 21.3 Å².